The number of nitrogens with zero attached hydrogens (tertiary/aromatic N) is 3. The summed E-state index contributed by atoms with van der Waals surface area (Å²) in [6.07, 6.45) is 1.49. The van der Waals surface area contributed by atoms with Crippen molar-refractivity contribution in [1.82, 2.24) is 0 Å². The van der Waals surface area contributed by atoms with Crippen LogP contribution in [-0.4, -0.2) is 23.9 Å². The van der Waals surface area contributed by atoms with Crippen LogP contribution in [0.3, 0.4) is 0 Å². The lowest BCUT2D eigenvalue weighted by Gasteiger charge is -2.20. The van der Waals surface area contributed by atoms with Crippen LogP contribution in [0, 0.1) is 28.4 Å². The van der Waals surface area contributed by atoms with Crippen molar-refractivity contribution >= 4 is 29.0 Å². The molecule has 0 unspecified atom stereocenters. The summed E-state index contributed by atoms with van der Waals surface area (Å²) in [5.41, 5.74) is 2.55. The van der Waals surface area contributed by atoms with Crippen molar-refractivity contribution in [3.05, 3.63) is 69.3 Å². The maximum absolute atomic E-state index is 12.5. The molecule has 0 aromatic heterocycles. The maximum Gasteiger partial charge on any atom is 0.271 e. The molecule has 28 heavy (non-hydrogen) atoms. The van der Waals surface area contributed by atoms with Gasteiger partial charge in [-0.3, -0.25) is 14.9 Å². The molecule has 0 aliphatic carbocycles. The summed E-state index contributed by atoms with van der Waals surface area (Å²) in [5.74, 6) is -0.612. The number of carbonyl (C=O) groups excluding carboxylic acids is 1. The minimum absolute atomic E-state index is 0.0819. The second kappa shape index (κ2) is 9.33. The Labute approximate surface area is 164 Å². The third-order valence-electron chi connectivity index (χ3n) is 4.38. The van der Waals surface area contributed by atoms with E-state index in [9.17, 15) is 20.2 Å². The number of non-ortho nitro benzene ring substituents is 1. The van der Waals surface area contributed by atoms with Crippen molar-refractivity contribution in [2.75, 3.05) is 23.3 Å². The predicted molar refractivity (Wildman–Crippen MR) is 110 cm³/mol. The van der Waals surface area contributed by atoms with Crippen LogP contribution in [0.2, 0.25) is 0 Å². The molecule has 0 spiro atoms. The lowest BCUT2D eigenvalue weighted by atomic mass is 10.1. The molecule has 0 fully saturated rings. The highest BCUT2D eigenvalue weighted by Gasteiger charge is 2.14. The van der Waals surface area contributed by atoms with Gasteiger partial charge in [-0.15, -0.1) is 0 Å². The van der Waals surface area contributed by atoms with Crippen LogP contribution in [0.4, 0.5) is 17.1 Å². The van der Waals surface area contributed by atoms with Gasteiger partial charge < -0.3 is 10.2 Å². The molecule has 7 nitrogen and oxygen atoms in total. The fraction of sp³-hybridized carbons (Fsp3) is 0.238. The molecule has 2 rings (SSSR count). The Bertz CT molecular complexity index is 939. The van der Waals surface area contributed by atoms with Gasteiger partial charge in [-0.2, -0.15) is 5.26 Å². The molecular weight excluding hydrogens is 356 g/mol. The Balaban J connectivity index is 2.23. The average Bonchev–Trinajstić information content (AvgIpc) is 2.69. The Kier molecular flexibility index (Phi) is 6.88. The SMILES string of the molecule is CCN(CC)c1ccc(/C=C(\C#N)C(=O)Nc2cc([N+](=O)[O-])ccc2C)cc1. The summed E-state index contributed by atoms with van der Waals surface area (Å²) in [6.45, 7) is 7.65. The zero-order valence-corrected chi connectivity index (χ0v) is 16.1. The monoisotopic (exact) mass is 378 g/mol. The van der Waals surface area contributed by atoms with Gasteiger partial charge in [-0.05, 0) is 50.1 Å². The number of nitro groups is 1. The van der Waals surface area contributed by atoms with Crippen molar-refractivity contribution in [3.63, 3.8) is 0 Å². The van der Waals surface area contributed by atoms with E-state index in [2.05, 4.69) is 24.1 Å². The minimum Gasteiger partial charge on any atom is -0.372 e. The number of nitro benzene ring substituents is 1. The summed E-state index contributed by atoms with van der Waals surface area (Å²) in [5, 5.41) is 22.9. The number of nitriles is 1. The van der Waals surface area contributed by atoms with Crippen molar-refractivity contribution in [3.8, 4) is 6.07 Å². The van der Waals surface area contributed by atoms with Crippen molar-refractivity contribution in [2.24, 2.45) is 0 Å². The molecule has 2 aromatic rings. The number of anilines is 2. The normalized spacial score (nSPS) is 10.9. The van der Waals surface area contributed by atoms with E-state index < -0.39 is 10.8 Å². The van der Waals surface area contributed by atoms with Gasteiger partial charge in [0.15, 0.2) is 0 Å². The fourth-order valence-corrected chi connectivity index (χ4v) is 2.73. The number of hydrogen-bond acceptors (Lipinski definition) is 5. The molecule has 0 heterocycles. The number of amides is 1. The highest BCUT2D eigenvalue weighted by atomic mass is 16.6. The highest BCUT2D eigenvalue weighted by molar-refractivity contribution is 6.10. The van der Waals surface area contributed by atoms with E-state index in [1.807, 2.05) is 30.3 Å². The Morgan fingerprint density at radius 2 is 1.86 bits per heavy atom. The van der Waals surface area contributed by atoms with Gasteiger partial charge in [0, 0.05) is 30.9 Å². The van der Waals surface area contributed by atoms with Gasteiger partial charge in [0.1, 0.15) is 11.6 Å². The molecule has 144 valence electrons. The number of carbonyl (C=O) groups is 1. The van der Waals surface area contributed by atoms with Crippen LogP contribution in [0.25, 0.3) is 6.08 Å². The molecule has 0 aliphatic rings. The van der Waals surface area contributed by atoms with E-state index in [4.69, 9.17) is 0 Å². The molecule has 2 aromatic carbocycles. The van der Waals surface area contributed by atoms with Crippen molar-refractivity contribution in [2.45, 2.75) is 20.8 Å². The van der Waals surface area contributed by atoms with Gasteiger partial charge in [-0.25, -0.2) is 0 Å². The van der Waals surface area contributed by atoms with Gasteiger partial charge in [0.2, 0.25) is 0 Å². The molecule has 0 radical (unpaired) electrons. The van der Waals surface area contributed by atoms with Crippen LogP contribution < -0.4 is 10.2 Å². The first-order chi connectivity index (χ1) is 13.4. The van der Waals surface area contributed by atoms with Crippen molar-refractivity contribution in [1.29, 1.82) is 5.26 Å². The first-order valence-corrected chi connectivity index (χ1v) is 8.92. The molecule has 0 atom stereocenters. The van der Waals surface area contributed by atoms with Crippen molar-refractivity contribution < 1.29 is 9.72 Å². The van der Waals surface area contributed by atoms with Gasteiger partial charge >= 0.3 is 0 Å². The summed E-state index contributed by atoms with van der Waals surface area (Å²) < 4.78 is 0. The zero-order valence-electron chi connectivity index (χ0n) is 16.1. The topological polar surface area (TPSA) is 99.3 Å². The Hall–Kier alpha value is -3.66. The molecule has 1 N–H and O–H groups in total. The number of aryl methyl sites for hydroxylation is 1. The number of rotatable bonds is 7. The molecule has 1 amide bonds. The summed E-state index contributed by atoms with van der Waals surface area (Å²) in [6, 6.07) is 13.7. The van der Waals surface area contributed by atoms with E-state index in [0.717, 1.165) is 24.3 Å². The molecule has 7 heteroatoms. The van der Waals surface area contributed by atoms with Crippen LogP contribution in [0.15, 0.2) is 48.0 Å². The first kappa shape index (κ1) is 20.6. The standard InChI is InChI=1S/C21H22N4O3/c1-4-24(5-2)18-10-7-16(8-11-18)12-17(14-22)21(26)23-20-13-19(25(27)28)9-6-15(20)3/h6-13H,4-5H2,1-3H3,(H,23,26)/b17-12+. The highest BCUT2D eigenvalue weighted by Crippen LogP contribution is 2.23. The predicted octanol–water partition coefficient (Wildman–Crippen LogP) is 4.30. The molecule has 0 bridgehead atoms. The quantitative estimate of drug-likeness (QED) is 0.335. The summed E-state index contributed by atoms with van der Waals surface area (Å²) >= 11 is 0. The summed E-state index contributed by atoms with van der Waals surface area (Å²) in [7, 11) is 0. The van der Waals surface area contributed by atoms with Crippen LogP contribution >= 0.6 is 0 Å². The number of hydrogen-bond donors (Lipinski definition) is 1. The molecule has 0 saturated carbocycles. The van der Waals surface area contributed by atoms with Crippen LogP contribution in [-0.2, 0) is 4.79 Å². The fourth-order valence-electron chi connectivity index (χ4n) is 2.73. The summed E-state index contributed by atoms with van der Waals surface area (Å²) in [4.78, 5) is 25.1. The maximum atomic E-state index is 12.5. The van der Waals surface area contributed by atoms with Crippen LogP contribution in [0.5, 0.6) is 0 Å². The van der Waals surface area contributed by atoms with Gasteiger partial charge in [0.05, 0.1) is 10.6 Å². The first-order valence-electron chi connectivity index (χ1n) is 8.92. The third-order valence-corrected chi connectivity index (χ3v) is 4.38. The third kappa shape index (κ3) is 4.95. The zero-order chi connectivity index (χ0) is 20.7. The van der Waals surface area contributed by atoms with Gasteiger partial charge in [0.25, 0.3) is 11.6 Å². The Morgan fingerprint density at radius 3 is 2.39 bits per heavy atom. The molecule has 0 saturated heterocycles. The average molecular weight is 378 g/mol. The largest absolute Gasteiger partial charge is 0.372 e. The van der Waals surface area contributed by atoms with Gasteiger partial charge in [-0.1, -0.05) is 18.2 Å². The van der Waals surface area contributed by atoms with Crippen LogP contribution in [0.1, 0.15) is 25.0 Å². The molecular formula is C21H22N4O3. The molecule has 0 aliphatic heterocycles. The second-order valence-electron chi connectivity index (χ2n) is 6.14. The lowest BCUT2D eigenvalue weighted by Crippen LogP contribution is -2.21. The Morgan fingerprint density at radius 1 is 1.21 bits per heavy atom. The minimum atomic E-state index is -0.612. The van der Waals surface area contributed by atoms with E-state index in [-0.39, 0.29) is 11.3 Å². The van der Waals surface area contributed by atoms with E-state index in [1.165, 1.54) is 18.2 Å². The van der Waals surface area contributed by atoms with E-state index in [0.29, 0.717) is 11.3 Å². The number of benzene rings is 2. The van der Waals surface area contributed by atoms with E-state index in [1.54, 1.807) is 13.0 Å². The second-order valence-corrected chi connectivity index (χ2v) is 6.14. The van der Waals surface area contributed by atoms with E-state index >= 15 is 0 Å². The smallest absolute Gasteiger partial charge is 0.271 e. The lowest BCUT2D eigenvalue weighted by molar-refractivity contribution is -0.384. The number of nitrogens with one attached hydrogen (secondary N) is 1.